The van der Waals surface area contributed by atoms with E-state index in [0.29, 0.717) is 12.1 Å². The first-order valence-electron chi connectivity index (χ1n) is 5.40. The summed E-state index contributed by atoms with van der Waals surface area (Å²) in [6, 6.07) is 0.726. The molecular formula is C11H21N3O. The Balaban J connectivity index is 2.56. The molecule has 0 aliphatic carbocycles. The molecule has 1 heterocycles. The molecule has 2 atom stereocenters. The predicted octanol–water partition coefficient (Wildman–Crippen LogP) is 1.50. The fourth-order valence-corrected chi connectivity index (χ4v) is 1.71. The van der Waals surface area contributed by atoms with Crippen molar-refractivity contribution in [2.75, 3.05) is 13.7 Å². The summed E-state index contributed by atoms with van der Waals surface area (Å²) in [5, 5.41) is 7.70. The number of rotatable bonds is 6. The van der Waals surface area contributed by atoms with Gasteiger partial charge in [0.25, 0.3) is 0 Å². The third-order valence-corrected chi connectivity index (χ3v) is 2.44. The molecule has 1 aromatic rings. The van der Waals surface area contributed by atoms with Crippen LogP contribution in [0.2, 0.25) is 0 Å². The second kappa shape index (κ2) is 5.88. The van der Waals surface area contributed by atoms with Gasteiger partial charge in [-0.05, 0) is 13.3 Å². The zero-order chi connectivity index (χ0) is 11.3. The van der Waals surface area contributed by atoms with E-state index in [-0.39, 0.29) is 0 Å². The van der Waals surface area contributed by atoms with Gasteiger partial charge in [0.2, 0.25) is 0 Å². The van der Waals surface area contributed by atoms with E-state index in [4.69, 9.17) is 4.74 Å². The van der Waals surface area contributed by atoms with E-state index in [2.05, 4.69) is 30.5 Å². The molecule has 0 aromatic carbocycles. The van der Waals surface area contributed by atoms with Crippen LogP contribution in [0.5, 0.6) is 0 Å². The summed E-state index contributed by atoms with van der Waals surface area (Å²) < 4.78 is 6.94. The molecule has 0 amide bonds. The van der Waals surface area contributed by atoms with Crippen molar-refractivity contribution in [3.63, 3.8) is 0 Å². The van der Waals surface area contributed by atoms with Gasteiger partial charge < -0.3 is 10.1 Å². The Morgan fingerprint density at radius 1 is 1.60 bits per heavy atom. The molecule has 0 radical (unpaired) electrons. The van der Waals surface area contributed by atoms with Crippen LogP contribution in [0, 0.1) is 0 Å². The highest BCUT2D eigenvalue weighted by molar-refractivity contribution is 5.10. The maximum absolute atomic E-state index is 5.11. The van der Waals surface area contributed by atoms with Crippen LogP contribution in [-0.2, 0) is 11.8 Å². The van der Waals surface area contributed by atoms with Gasteiger partial charge in [0, 0.05) is 38.0 Å². The molecule has 1 rings (SSSR count). The lowest BCUT2D eigenvalue weighted by atomic mass is 10.1. The molecular weight excluding hydrogens is 190 g/mol. The molecule has 1 N–H and O–H groups in total. The summed E-state index contributed by atoms with van der Waals surface area (Å²) in [7, 11) is 3.66. The van der Waals surface area contributed by atoms with Crippen LogP contribution in [0.15, 0.2) is 12.4 Å². The topological polar surface area (TPSA) is 39.1 Å². The standard InChI is InChI=1S/C11H21N3O/c1-5-11(13-9(2)8-15-4)10-6-12-14(3)7-10/h6-7,9,11,13H,5,8H2,1-4H3. The lowest BCUT2D eigenvalue weighted by Crippen LogP contribution is -2.33. The van der Waals surface area contributed by atoms with Crippen LogP contribution in [0.4, 0.5) is 0 Å². The van der Waals surface area contributed by atoms with Gasteiger partial charge in [-0.1, -0.05) is 6.92 Å². The number of nitrogens with one attached hydrogen (secondary N) is 1. The molecule has 0 fully saturated rings. The van der Waals surface area contributed by atoms with E-state index in [1.54, 1.807) is 7.11 Å². The fourth-order valence-electron chi connectivity index (χ4n) is 1.71. The number of aryl methyl sites for hydroxylation is 1. The lowest BCUT2D eigenvalue weighted by molar-refractivity contribution is 0.166. The molecule has 0 aliphatic heterocycles. The number of hydrogen-bond donors (Lipinski definition) is 1. The SMILES string of the molecule is CCC(NC(C)COC)c1cnn(C)c1. The molecule has 0 saturated carbocycles. The molecule has 0 bridgehead atoms. The molecule has 0 spiro atoms. The Labute approximate surface area is 91.6 Å². The van der Waals surface area contributed by atoms with Crippen molar-refractivity contribution < 1.29 is 4.74 Å². The first kappa shape index (κ1) is 12.2. The quantitative estimate of drug-likeness (QED) is 0.775. The Kier molecular flexibility index (Phi) is 4.78. The molecule has 2 unspecified atom stereocenters. The van der Waals surface area contributed by atoms with Crippen LogP contribution in [0.25, 0.3) is 0 Å². The van der Waals surface area contributed by atoms with E-state index in [9.17, 15) is 0 Å². The number of methoxy groups -OCH3 is 1. The van der Waals surface area contributed by atoms with Gasteiger partial charge in [-0.15, -0.1) is 0 Å². The van der Waals surface area contributed by atoms with Crippen LogP contribution < -0.4 is 5.32 Å². The zero-order valence-electron chi connectivity index (χ0n) is 10.0. The minimum Gasteiger partial charge on any atom is -0.383 e. The van der Waals surface area contributed by atoms with Crippen molar-refractivity contribution in [3.05, 3.63) is 18.0 Å². The highest BCUT2D eigenvalue weighted by Crippen LogP contribution is 2.15. The van der Waals surface area contributed by atoms with Crippen molar-refractivity contribution >= 4 is 0 Å². The highest BCUT2D eigenvalue weighted by Gasteiger charge is 2.13. The monoisotopic (exact) mass is 211 g/mol. The van der Waals surface area contributed by atoms with E-state index < -0.39 is 0 Å². The van der Waals surface area contributed by atoms with Gasteiger partial charge in [-0.3, -0.25) is 4.68 Å². The smallest absolute Gasteiger partial charge is 0.0613 e. The molecule has 0 aliphatic rings. The summed E-state index contributed by atoms with van der Waals surface area (Å²) in [5.74, 6) is 0. The van der Waals surface area contributed by atoms with E-state index in [0.717, 1.165) is 13.0 Å². The Hall–Kier alpha value is -0.870. The Bertz CT molecular complexity index is 285. The Morgan fingerprint density at radius 2 is 2.33 bits per heavy atom. The summed E-state index contributed by atoms with van der Waals surface area (Å²) in [6.45, 7) is 5.03. The predicted molar refractivity (Wildman–Crippen MR) is 60.7 cm³/mol. The van der Waals surface area contributed by atoms with Crippen LogP contribution >= 0.6 is 0 Å². The molecule has 15 heavy (non-hydrogen) atoms. The maximum atomic E-state index is 5.11. The van der Waals surface area contributed by atoms with Gasteiger partial charge in [0.05, 0.1) is 12.8 Å². The van der Waals surface area contributed by atoms with Gasteiger partial charge in [-0.2, -0.15) is 5.10 Å². The summed E-state index contributed by atoms with van der Waals surface area (Å²) in [5.41, 5.74) is 1.24. The number of nitrogens with zero attached hydrogens (tertiary/aromatic N) is 2. The normalized spacial score (nSPS) is 15.2. The molecule has 1 aromatic heterocycles. The van der Waals surface area contributed by atoms with Gasteiger partial charge in [0.1, 0.15) is 0 Å². The number of aromatic nitrogens is 2. The third kappa shape index (κ3) is 3.64. The van der Waals surface area contributed by atoms with Crippen molar-refractivity contribution in [3.8, 4) is 0 Å². The largest absolute Gasteiger partial charge is 0.383 e. The summed E-state index contributed by atoms with van der Waals surface area (Å²) in [6.07, 6.45) is 5.03. The van der Waals surface area contributed by atoms with Crippen LogP contribution in [-0.4, -0.2) is 29.5 Å². The van der Waals surface area contributed by atoms with Crippen molar-refractivity contribution in [2.24, 2.45) is 7.05 Å². The average molecular weight is 211 g/mol. The van der Waals surface area contributed by atoms with Crippen LogP contribution in [0.1, 0.15) is 31.9 Å². The van der Waals surface area contributed by atoms with Gasteiger partial charge in [-0.25, -0.2) is 0 Å². The third-order valence-electron chi connectivity index (χ3n) is 2.44. The number of hydrogen-bond acceptors (Lipinski definition) is 3. The molecule has 0 saturated heterocycles. The molecule has 4 heteroatoms. The van der Waals surface area contributed by atoms with Gasteiger partial charge >= 0.3 is 0 Å². The van der Waals surface area contributed by atoms with Crippen molar-refractivity contribution in [1.29, 1.82) is 0 Å². The minimum absolute atomic E-state index is 0.361. The lowest BCUT2D eigenvalue weighted by Gasteiger charge is -2.20. The maximum Gasteiger partial charge on any atom is 0.0613 e. The summed E-state index contributed by atoms with van der Waals surface area (Å²) in [4.78, 5) is 0. The van der Waals surface area contributed by atoms with Crippen molar-refractivity contribution in [1.82, 2.24) is 15.1 Å². The first-order chi connectivity index (χ1) is 7.17. The fraction of sp³-hybridized carbons (Fsp3) is 0.727. The van der Waals surface area contributed by atoms with Crippen LogP contribution in [0.3, 0.4) is 0 Å². The van der Waals surface area contributed by atoms with E-state index >= 15 is 0 Å². The first-order valence-corrected chi connectivity index (χ1v) is 5.40. The zero-order valence-corrected chi connectivity index (χ0v) is 10.0. The molecule has 4 nitrogen and oxygen atoms in total. The minimum atomic E-state index is 0.361. The average Bonchev–Trinajstić information content (AvgIpc) is 2.61. The summed E-state index contributed by atoms with van der Waals surface area (Å²) >= 11 is 0. The van der Waals surface area contributed by atoms with Gasteiger partial charge in [0.15, 0.2) is 0 Å². The van der Waals surface area contributed by atoms with Crippen molar-refractivity contribution in [2.45, 2.75) is 32.4 Å². The number of ether oxygens (including phenoxy) is 1. The van der Waals surface area contributed by atoms with E-state index in [1.807, 2.05) is 17.9 Å². The second-order valence-electron chi connectivity index (χ2n) is 3.93. The second-order valence-corrected chi connectivity index (χ2v) is 3.93. The Morgan fingerprint density at radius 3 is 2.80 bits per heavy atom. The van der Waals surface area contributed by atoms with E-state index in [1.165, 1.54) is 5.56 Å². The highest BCUT2D eigenvalue weighted by atomic mass is 16.5. The molecule has 86 valence electrons.